The molecular formula is C22H22F4N8. The zero-order valence-corrected chi connectivity index (χ0v) is 18.9. The van der Waals surface area contributed by atoms with E-state index in [1.165, 1.54) is 0 Å². The van der Waals surface area contributed by atoms with E-state index in [4.69, 9.17) is 0 Å². The zero-order chi connectivity index (χ0) is 24.4. The van der Waals surface area contributed by atoms with Crippen LogP contribution in [0.25, 0.3) is 22.6 Å². The first-order valence-corrected chi connectivity index (χ1v) is 10.5. The summed E-state index contributed by atoms with van der Waals surface area (Å²) in [6, 6.07) is 5.51. The van der Waals surface area contributed by atoms with E-state index in [0.29, 0.717) is 11.5 Å². The number of pyridine rings is 1. The molecule has 0 aromatic carbocycles. The fourth-order valence-corrected chi connectivity index (χ4v) is 4.33. The highest BCUT2D eigenvalue weighted by molar-refractivity contribution is 5.75. The first-order chi connectivity index (χ1) is 16.0. The summed E-state index contributed by atoms with van der Waals surface area (Å²) in [7, 11) is 1.81. The highest BCUT2D eigenvalue weighted by atomic mass is 19.3. The summed E-state index contributed by atoms with van der Waals surface area (Å²) >= 11 is 0. The van der Waals surface area contributed by atoms with Gasteiger partial charge in [-0.25, -0.2) is 13.8 Å². The van der Waals surface area contributed by atoms with Crippen LogP contribution in [0.15, 0.2) is 36.8 Å². The molecule has 8 nitrogen and oxygen atoms in total. The van der Waals surface area contributed by atoms with Gasteiger partial charge in [0.2, 0.25) is 5.82 Å². The third-order valence-electron chi connectivity index (χ3n) is 6.01. The van der Waals surface area contributed by atoms with Crippen molar-refractivity contribution < 1.29 is 17.6 Å². The molecule has 0 spiro atoms. The van der Waals surface area contributed by atoms with Gasteiger partial charge < -0.3 is 9.88 Å². The Kier molecular flexibility index (Phi) is 4.81. The average Bonchev–Trinajstić information content (AvgIpc) is 3.48. The number of aryl methyl sites for hydroxylation is 2. The number of nitrogens with zero attached hydrogens (tertiary/aromatic N) is 7. The number of alkyl halides is 4. The lowest BCUT2D eigenvalue weighted by molar-refractivity contribution is -0.144. The first kappa shape index (κ1) is 22.1. The Balaban J connectivity index is 1.59. The van der Waals surface area contributed by atoms with Crippen LogP contribution < -0.4 is 5.32 Å². The zero-order valence-electron chi connectivity index (χ0n) is 18.9. The number of aromatic nitrogens is 7. The molecule has 4 aromatic rings. The Labute approximate surface area is 192 Å². The number of hydrogen-bond donors (Lipinski definition) is 1. The smallest absolute Gasteiger partial charge is 0.342 e. The van der Waals surface area contributed by atoms with Crippen molar-refractivity contribution in [1.82, 2.24) is 34.1 Å². The Morgan fingerprint density at radius 1 is 1.18 bits per heavy atom. The van der Waals surface area contributed by atoms with Gasteiger partial charge in [0.05, 0.1) is 17.4 Å². The first-order valence-electron chi connectivity index (χ1n) is 10.5. The summed E-state index contributed by atoms with van der Waals surface area (Å²) in [5.41, 5.74) is 2.18. The van der Waals surface area contributed by atoms with Gasteiger partial charge in [0, 0.05) is 37.6 Å². The van der Waals surface area contributed by atoms with Gasteiger partial charge in [-0.15, -0.1) is 10.2 Å². The monoisotopic (exact) mass is 474 g/mol. The van der Waals surface area contributed by atoms with Crippen LogP contribution in [0.3, 0.4) is 0 Å². The fourth-order valence-electron chi connectivity index (χ4n) is 4.33. The van der Waals surface area contributed by atoms with Crippen molar-refractivity contribution in [3.05, 3.63) is 48.2 Å². The number of halogens is 4. The average molecular weight is 474 g/mol. The van der Waals surface area contributed by atoms with Crippen LogP contribution in [0.1, 0.15) is 25.2 Å². The van der Waals surface area contributed by atoms with E-state index < -0.39 is 23.7 Å². The number of fused-ring (bicyclic) bond motifs is 3. The maximum absolute atomic E-state index is 14.3. The molecule has 178 valence electrons. The van der Waals surface area contributed by atoms with Crippen LogP contribution in [0, 0.1) is 6.92 Å². The summed E-state index contributed by atoms with van der Waals surface area (Å²) in [6.45, 7) is 5.59. The Hall–Kier alpha value is -3.70. The second kappa shape index (κ2) is 7.40. The van der Waals surface area contributed by atoms with E-state index in [1.54, 1.807) is 37.0 Å². The van der Waals surface area contributed by atoms with E-state index in [2.05, 4.69) is 25.6 Å². The quantitative estimate of drug-likeness (QED) is 0.424. The molecule has 5 heterocycles. The predicted molar refractivity (Wildman–Crippen MR) is 117 cm³/mol. The van der Waals surface area contributed by atoms with E-state index >= 15 is 0 Å². The molecule has 1 N–H and O–H groups in total. The number of rotatable bonds is 5. The summed E-state index contributed by atoms with van der Waals surface area (Å²) < 4.78 is 59.5. The highest BCUT2D eigenvalue weighted by Crippen LogP contribution is 2.42. The van der Waals surface area contributed by atoms with Crippen LogP contribution in [-0.2, 0) is 25.1 Å². The molecule has 0 saturated heterocycles. The van der Waals surface area contributed by atoms with E-state index in [1.807, 2.05) is 36.9 Å². The van der Waals surface area contributed by atoms with Gasteiger partial charge in [-0.1, -0.05) is 0 Å². The molecule has 0 radical (unpaired) electrons. The number of anilines is 2. The lowest BCUT2D eigenvalue weighted by Gasteiger charge is -2.35. The molecule has 4 aromatic heterocycles. The van der Waals surface area contributed by atoms with Gasteiger partial charge in [0.15, 0.2) is 5.82 Å². The largest absolute Gasteiger partial charge is 0.365 e. The third kappa shape index (κ3) is 3.35. The summed E-state index contributed by atoms with van der Waals surface area (Å²) in [5.74, 6) is -3.94. The van der Waals surface area contributed by atoms with Gasteiger partial charge in [-0.2, -0.15) is 13.9 Å². The normalized spacial score (nSPS) is 14.9. The molecule has 1 aliphatic rings. The molecule has 0 unspecified atom stereocenters. The van der Waals surface area contributed by atoms with Crippen molar-refractivity contribution in [3.63, 3.8) is 0 Å². The van der Waals surface area contributed by atoms with Crippen molar-refractivity contribution in [2.24, 2.45) is 7.05 Å². The van der Waals surface area contributed by atoms with Crippen molar-refractivity contribution in [3.8, 4) is 22.6 Å². The summed E-state index contributed by atoms with van der Waals surface area (Å²) in [6.07, 6.45) is 1.42. The molecule has 1 aliphatic heterocycles. The minimum atomic E-state index is -4.41. The van der Waals surface area contributed by atoms with Crippen molar-refractivity contribution >= 4 is 11.6 Å². The number of nitrogens with one attached hydrogen (secondary N) is 1. The molecular weight excluding hydrogens is 452 g/mol. The van der Waals surface area contributed by atoms with Gasteiger partial charge in [-0.3, -0.25) is 9.25 Å². The molecule has 0 amide bonds. The van der Waals surface area contributed by atoms with Crippen LogP contribution in [-0.4, -0.2) is 40.5 Å². The van der Waals surface area contributed by atoms with Gasteiger partial charge >= 0.3 is 12.3 Å². The van der Waals surface area contributed by atoms with E-state index in [-0.39, 0.29) is 12.4 Å². The second-order valence-corrected chi connectivity index (χ2v) is 9.01. The van der Waals surface area contributed by atoms with Crippen LogP contribution in [0.2, 0.25) is 0 Å². The minimum Gasteiger partial charge on any atom is -0.342 e. The van der Waals surface area contributed by atoms with E-state index in [9.17, 15) is 17.6 Å². The van der Waals surface area contributed by atoms with Crippen molar-refractivity contribution in [1.29, 1.82) is 0 Å². The van der Waals surface area contributed by atoms with E-state index in [0.717, 1.165) is 27.1 Å². The fraction of sp³-hybridized carbons (Fsp3) is 0.364. The lowest BCUT2D eigenvalue weighted by Crippen LogP contribution is -2.40. The molecule has 0 fully saturated rings. The molecule has 12 heteroatoms. The van der Waals surface area contributed by atoms with Crippen molar-refractivity contribution in [2.75, 3.05) is 5.32 Å². The van der Waals surface area contributed by atoms with Crippen LogP contribution >= 0.6 is 0 Å². The van der Waals surface area contributed by atoms with Gasteiger partial charge in [0.1, 0.15) is 11.6 Å². The van der Waals surface area contributed by atoms with Crippen LogP contribution in [0.5, 0.6) is 0 Å². The molecule has 0 aliphatic carbocycles. The molecule has 0 atom stereocenters. The topological polar surface area (TPSA) is 78.4 Å². The standard InChI is InChI=1S/C22H22F4N8/c1-12-9-27-16(29-17-5-6-28-32(17)4)8-14(12)13-7-15-18-30-31-20(22(25,26)19(23)24)34(18)21(2,3)11-33(15)10-13/h5-10,19H,11H2,1-4H3,(H,27,29). The van der Waals surface area contributed by atoms with Gasteiger partial charge in [0.25, 0.3) is 0 Å². The highest BCUT2D eigenvalue weighted by Gasteiger charge is 2.51. The third-order valence-corrected chi connectivity index (χ3v) is 6.01. The summed E-state index contributed by atoms with van der Waals surface area (Å²) in [5, 5.41) is 14.7. The Morgan fingerprint density at radius 2 is 1.94 bits per heavy atom. The van der Waals surface area contributed by atoms with Crippen LogP contribution in [0.4, 0.5) is 29.2 Å². The molecule has 5 rings (SSSR count). The minimum absolute atomic E-state index is 0.123. The Bertz CT molecular complexity index is 1380. The lowest BCUT2D eigenvalue weighted by atomic mass is 10.0. The van der Waals surface area contributed by atoms with Gasteiger partial charge in [-0.05, 0) is 44.0 Å². The molecule has 0 bridgehead atoms. The summed E-state index contributed by atoms with van der Waals surface area (Å²) in [4.78, 5) is 4.43. The molecule has 34 heavy (non-hydrogen) atoms. The SMILES string of the molecule is Cc1cnc(Nc2ccnn2C)cc1-c1cc2n(c1)CC(C)(C)n1c-2nnc1C(F)(F)C(F)F. The molecule has 0 saturated carbocycles. The Morgan fingerprint density at radius 3 is 2.62 bits per heavy atom. The maximum Gasteiger partial charge on any atom is 0.365 e. The number of hydrogen-bond acceptors (Lipinski definition) is 5. The predicted octanol–water partition coefficient (Wildman–Crippen LogP) is 4.70. The van der Waals surface area contributed by atoms with Crippen molar-refractivity contribution in [2.45, 2.75) is 45.2 Å². The second-order valence-electron chi connectivity index (χ2n) is 9.01. The maximum atomic E-state index is 14.3.